The quantitative estimate of drug-likeness (QED) is 0.795. The maximum Gasteiger partial charge on any atom is 0.248 e. The van der Waals surface area contributed by atoms with Crippen molar-refractivity contribution in [1.29, 1.82) is 0 Å². The predicted molar refractivity (Wildman–Crippen MR) is 83.5 cm³/mol. The van der Waals surface area contributed by atoms with E-state index in [-0.39, 0.29) is 11.9 Å². The molecular formula is C16H26N2O3. The van der Waals surface area contributed by atoms with Crippen molar-refractivity contribution in [2.75, 3.05) is 34.4 Å². The lowest BCUT2D eigenvalue weighted by atomic mass is 10.0. The minimum absolute atomic E-state index is 0.0407. The third kappa shape index (κ3) is 5.02. The van der Waals surface area contributed by atoms with E-state index in [0.717, 1.165) is 11.3 Å². The summed E-state index contributed by atoms with van der Waals surface area (Å²) >= 11 is 0. The van der Waals surface area contributed by atoms with Crippen molar-refractivity contribution in [2.45, 2.75) is 26.0 Å². The molecule has 0 spiro atoms. The fraction of sp³-hybridized carbons (Fsp3) is 0.562. The molecule has 0 bridgehead atoms. The van der Waals surface area contributed by atoms with Gasteiger partial charge in [0.05, 0.1) is 13.2 Å². The topological polar surface area (TPSA) is 50.8 Å². The van der Waals surface area contributed by atoms with E-state index < -0.39 is 6.10 Å². The second-order valence-corrected chi connectivity index (χ2v) is 5.06. The molecule has 5 nitrogen and oxygen atoms in total. The Morgan fingerprint density at radius 1 is 1.33 bits per heavy atom. The van der Waals surface area contributed by atoms with Gasteiger partial charge in [-0.05, 0) is 34.0 Å². The van der Waals surface area contributed by atoms with Gasteiger partial charge in [-0.15, -0.1) is 0 Å². The SMILES string of the molecule is CCOC(C)C(=O)NCC(c1ccccc1OC)N(C)C. The lowest BCUT2D eigenvalue weighted by molar-refractivity contribution is -0.131. The highest BCUT2D eigenvalue weighted by Crippen LogP contribution is 2.27. The molecule has 0 radical (unpaired) electrons. The second kappa shape index (κ2) is 8.64. The van der Waals surface area contributed by atoms with E-state index in [1.165, 1.54) is 0 Å². The predicted octanol–water partition coefficient (Wildman–Crippen LogP) is 1.84. The first kappa shape index (κ1) is 17.5. The van der Waals surface area contributed by atoms with Gasteiger partial charge in [-0.3, -0.25) is 4.79 Å². The highest BCUT2D eigenvalue weighted by molar-refractivity contribution is 5.80. The number of rotatable bonds is 8. The highest BCUT2D eigenvalue weighted by atomic mass is 16.5. The summed E-state index contributed by atoms with van der Waals surface area (Å²) in [5, 5.41) is 2.94. The van der Waals surface area contributed by atoms with Gasteiger partial charge in [0.25, 0.3) is 0 Å². The number of hydrogen-bond donors (Lipinski definition) is 1. The number of para-hydroxylation sites is 1. The molecule has 1 amide bonds. The maximum atomic E-state index is 12.0. The molecule has 0 aliphatic carbocycles. The molecule has 1 aromatic carbocycles. The number of methoxy groups -OCH3 is 1. The Hall–Kier alpha value is -1.59. The van der Waals surface area contributed by atoms with E-state index in [2.05, 4.69) is 10.2 Å². The summed E-state index contributed by atoms with van der Waals surface area (Å²) in [6.07, 6.45) is -0.435. The van der Waals surface area contributed by atoms with E-state index in [0.29, 0.717) is 13.2 Å². The van der Waals surface area contributed by atoms with Crippen LogP contribution in [0.4, 0.5) is 0 Å². The van der Waals surface area contributed by atoms with Crippen LogP contribution in [0.5, 0.6) is 5.75 Å². The number of amides is 1. The largest absolute Gasteiger partial charge is 0.496 e. The average molecular weight is 294 g/mol. The molecule has 2 unspecified atom stereocenters. The molecule has 0 saturated heterocycles. The van der Waals surface area contributed by atoms with Crippen LogP contribution in [0.2, 0.25) is 0 Å². The van der Waals surface area contributed by atoms with Crippen LogP contribution in [0.25, 0.3) is 0 Å². The Balaban J connectivity index is 2.77. The fourth-order valence-corrected chi connectivity index (χ4v) is 2.18. The van der Waals surface area contributed by atoms with Gasteiger partial charge >= 0.3 is 0 Å². The molecule has 0 fully saturated rings. The molecule has 0 saturated carbocycles. The van der Waals surface area contributed by atoms with E-state index >= 15 is 0 Å². The molecule has 2 atom stereocenters. The summed E-state index contributed by atoms with van der Waals surface area (Å²) in [7, 11) is 5.62. The van der Waals surface area contributed by atoms with E-state index in [1.54, 1.807) is 14.0 Å². The number of nitrogens with zero attached hydrogens (tertiary/aromatic N) is 1. The second-order valence-electron chi connectivity index (χ2n) is 5.06. The molecule has 21 heavy (non-hydrogen) atoms. The summed E-state index contributed by atoms with van der Waals surface area (Å²) in [5.74, 6) is 0.724. The first-order chi connectivity index (χ1) is 10.0. The minimum Gasteiger partial charge on any atom is -0.496 e. The third-order valence-corrected chi connectivity index (χ3v) is 3.38. The Bertz CT molecular complexity index is 449. The first-order valence-electron chi connectivity index (χ1n) is 7.19. The van der Waals surface area contributed by atoms with E-state index in [9.17, 15) is 4.79 Å². The van der Waals surface area contributed by atoms with Crippen LogP contribution in [0.1, 0.15) is 25.5 Å². The zero-order valence-corrected chi connectivity index (χ0v) is 13.6. The van der Waals surface area contributed by atoms with Gasteiger partial charge in [-0.1, -0.05) is 18.2 Å². The van der Waals surface area contributed by atoms with Crippen LogP contribution in [-0.4, -0.2) is 51.3 Å². The van der Waals surface area contributed by atoms with Gasteiger partial charge < -0.3 is 19.7 Å². The Labute approximate surface area is 127 Å². The monoisotopic (exact) mass is 294 g/mol. The number of likely N-dealkylation sites (N-methyl/N-ethyl adjacent to an activating group) is 1. The molecule has 0 aliphatic heterocycles. The van der Waals surface area contributed by atoms with Crippen molar-refractivity contribution < 1.29 is 14.3 Å². The lowest BCUT2D eigenvalue weighted by Gasteiger charge is -2.27. The maximum absolute atomic E-state index is 12.0. The van der Waals surface area contributed by atoms with E-state index in [1.807, 2.05) is 45.3 Å². The molecule has 0 aromatic heterocycles. The van der Waals surface area contributed by atoms with Crippen molar-refractivity contribution in [3.63, 3.8) is 0 Å². The summed E-state index contributed by atoms with van der Waals surface area (Å²) in [6, 6.07) is 7.89. The molecule has 1 aromatic rings. The number of carbonyl (C=O) groups is 1. The summed E-state index contributed by atoms with van der Waals surface area (Å²) < 4.78 is 10.7. The number of hydrogen-bond acceptors (Lipinski definition) is 4. The number of carbonyl (C=O) groups excluding carboxylic acids is 1. The number of nitrogens with one attached hydrogen (secondary N) is 1. The molecule has 118 valence electrons. The van der Waals surface area contributed by atoms with Crippen LogP contribution in [0.15, 0.2) is 24.3 Å². The molecule has 1 rings (SSSR count). The Morgan fingerprint density at radius 3 is 2.57 bits per heavy atom. The Morgan fingerprint density at radius 2 is 2.00 bits per heavy atom. The van der Waals surface area contributed by atoms with Gasteiger partial charge in [0.2, 0.25) is 5.91 Å². The standard InChI is InChI=1S/C16H26N2O3/c1-6-21-12(2)16(19)17-11-14(18(3)4)13-9-7-8-10-15(13)20-5/h7-10,12,14H,6,11H2,1-5H3,(H,17,19). The van der Waals surface area contributed by atoms with Crippen molar-refractivity contribution in [3.05, 3.63) is 29.8 Å². The first-order valence-corrected chi connectivity index (χ1v) is 7.19. The van der Waals surface area contributed by atoms with Crippen LogP contribution in [-0.2, 0) is 9.53 Å². The minimum atomic E-state index is -0.435. The van der Waals surface area contributed by atoms with Crippen LogP contribution >= 0.6 is 0 Å². The smallest absolute Gasteiger partial charge is 0.248 e. The van der Waals surface area contributed by atoms with Crippen LogP contribution < -0.4 is 10.1 Å². The van der Waals surface area contributed by atoms with Crippen molar-refractivity contribution in [2.24, 2.45) is 0 Å². The fourth-order valence-electron chi connectivity index (χ4n) is 2.18. The van der Waals surface area contributed by atoms with Gasteiger partial charge in [0.1, 0.15) is 11.9 Å². The Kier molecular flexibility index (Phi) is 7.19. The van der Waals surface area contributed by atoms with E-state index in [4.69, 9.17) is 9.47 Å². The zero-order chi connectivity index (χ0) is 15.8. The lowest BCUT2D eigenvalue weighted by Crippen LogP contribution is -2.40. The summed E-state index contributed by atoms with van der Waals surface area (Å²) in [5.41, 5.74) is 1.05. The third-order valence-electron chi connectivity index (χ3n) is 3.38. The summed E-state index contributed by atoms with van der Waals surface area (Å²) in [6.45, 7) is 4.66. The van der Waals surface area contributed by atoms with Gasteiger partial charge in [0.15, 0.2) is 0 Å². The molecule has 0 aliphatic rings. The number of benzene rings is 1. The average Bonchev–Trinajstić information content (AvgIpc) is 2.47. The zero-order valence-electron chi connectivity index (χ0n) is 13.6. The molecular weight excluding hydrogens is 268 g/mol. The van der Waals surface area contributed by atoms with Crippen molar-refractivity contribution >= 4 is 5.91 Å². The molecule has 1 N–H and O–H groups in total. The van der Waals surface area contributed by atoms with Gasteiger partial charge in [-0.2, -0.15) is 0 Å². The van der Waals surface area contributed by atoms with Crippen molar-refractivity contribution in [1.82, 2.24) is 10.2 Å². The summed E-state index contributed by atoms with van der Waals surface area (Å²) in [4.78, 5) is 14.0. The highest BCUT2D eigenvalue weighted by Gasteiger charge is 2.20. The van der Waals surface area contributed by atoms with Gasteiger partial charge in [-0.25, -0.2) is 0 Å². The van der Waals surface area contributed by atoms with Crippen molar-refractivity contribution in [3.8, 4) is 5.75 Å². The normalized spacial score (nSPS) is 13.8. The number of ether oxygens (including phenoxy) is 2. The van der Waals surface area contributed by atoms with Crippen LogP contribution in [0, 0.1) is 0 Å². The molecule has 0 heterocycles. The van der Waals surface area contributed by atoms with Gasteiger partial charge in [0, 0.05) is 18.7 Å². The molecule has 5 heteroatoms. The van der Waals surface area contributed by atoms with Crippen LogP contribution in [0.3, 0.4) is 0 Å².